The highest BCUT2D eigenvalue weighted by atomic mass is 35.5. The van der Waals surface area contributed by atoms with Crippen LogP contribution in [0.2, 0.25) is 5.02 Å². The number of rotatable bonds is 1. The van der Waals surface area contributed by atoms with Crippen molar-refractivity contribution in [3.8, 4) is 0 Å². The summed E-state index contributed by atoms with van der Waals surface area (Å²) in [6, 6.07) is 7.39. The third-order valence-corrected chi connectivity index (χ3v) is 7.06. The summed E-state index contributed by atoms with van der Waals surface area (Å²) in [7, 11) is 0. The molecule has 0 radical (unpaired) electrons. The van der Waals surface area contributed by atoms with Gasteiger partial charge in [0, 0.05) is 28.0 Å². The zero-order valence-corrected chi connectivity index (χ0v) is 16.5. The monoisotopic (exact) mass is 397 g/mol. The number of ether oxygens (including phenoxy) is 1. The highest BCUT2D eigenvalue weighted by molar-refractivity contribution is 6.34. The van der Waals surface area contributed by atoms with Crippen LogP contribution in [0.1, 0.15) is 38.7 Å². The van der Waals surface area contributed by atoms with Gasteiger partial charge in [-0.15, -0.1) is 0 Å². The van der Waals surface area contributed by atoms with Gasteiger partial charge in [0.1, 0.15) is 6.10 Å². The van der Waals surface area contributed by atoms with Crippen molar-refractivity contribution in [1.82, 2.24) is 0 Å². The second-order valence-corrected chi connectivity index (χ2v) is 8.71. The molecule has 0 amide bonds. The van der Waals surface area contributed by atoms with E-state index in [1.54, 1.807) is 12.1 Å². The molecule has 4 atom stereocenters. The van der Waals surface area contributed by atoms with Crippen molar-refractivity contribution < 1.29 is 19.2 Å². The first-order valence-corrected chi connectivity index (χ1v) is 9.89. The van der Waals surface area contributed by atoms with Crippen LogP contribution in [0.3, 0.4) is 0 Å². The fraction of sp³-hybridized carbons (Fsp3) is 0.409. The molecule has 0 aromatic heterocycles. The fourth-order valence-corrected chi connectivity index (χ4v) is 5.43. The van der Waals surface area contributed by atoms with Gasteiger partial charge in [0.2, 0.25) is 5.60 Å². The number of benzene rings is 1. The molecule has 144 valence electrons. The van der Waals surface area contributed by atoms with Gasteiger partial charge in [-0.05, 0) is 37.5 Å². The maximum Gasteiger partial charge on any atom is 0.354 e. The lowest BCUT2D eigenvalue weighted by atomic mass is 9.60. The molecule has 1 saturated carbocycles. The largest absolute Gasteiger partial charge is 0.454 e. The summed E-state index contributed by atoms with van der Waals surface area (Å²) in [6.45, 7) is 3.92. The third kappa shape index (κ3) is 2.23. The van der Waals surface area contributed by atoms with Crippen LogP contribution in [-0.4, -0.2) is 29.2 Å². The number of esters is 1. The molecule has 6 heteroatoms. The summed E-state index contributed by atoms with van der Waals surface area (Å²) >= 11 is 6.31. The topological polar surface area (TPSA) is 65.0 Å². The molecule has 0 N–H and O–H groups in total. The second-order valence-electron chi connectivity index (χ2n) is 8.30. The van der Waals surface area contributed by atoms with E-state index in [-0.39, 0.29) is 17.1 Å². The van der Waals surface area contributed by atoms with E-state index in [1.165, 1.54) is 0 Å². The number of ketones is 1. The molecule has 0 unspecified atom stereocenters. The number of halogens is 1. The summed E-state index contributed by atoms with van der Waals surface area (Å²) in [6.07, 6.45) is 5.04. The van der Waals surface area contributed by atoms with Crippen molar-refractivity contribution in [3.63, 3.8) is 0 Å². The van der Waals surface area contributed by atoms with Crippen molar-refractivity contribution in [1.29, 1.82) is 0 Å². The summed E-state index contributed by atoms with van der Waals surface area (Å²) in [5.74, 6) is -0.605. The summed E-state index contributed by atoms with van der Waals surface area (Å²) < 4.78 is 5.86. The van der Waals surface area contributed by atoms with Crippen LogP contribution in [-0.2, 0) is 19.2 Å². The molecule has 2 heterocycles. The second kappa shape index (κ2) is 5.80. The zero-order chi connectivity index (χ0) is 19.7. The van der Waals surface area contributed by atoms with E-state index >= 15 is 0 Å². The minimum Gasteiger partial charge on any atom is -0.454 e. The predicted molar refractivity (Wildman–Crippen MR) is 104 cm³/mol. The smallest absolute Gasteiger partial charge is 0.354 e. The van der Waals surface area contributed by atoms with E-state index in [9.17, 15) is 9.59 Å². The average Bonchev–Trinajstić information content (AvgIpc) is 3.22. The Morgan fingerprint density at radius 3 is 2.82 bits per heavy atom. The normalized spacial score (nSPS) is 36.2. The maximum absolute atomic E-state index is 13.0. The number of hydrogen-bond donors (Lipinski definition) is 0. The number of allylic oxidation sites excluding steroid dienone is 3. The zero-order valence-electron chi connectivity index (χ0n) is 15.7. The Bertz CT molecular complexity index is 1010. The van der Waals surface area contributed by atoms with Crippen LogP contribution in [0.4, 0.5) is 0 Å². The highest BCUT2D eigenvalue weighted by Crippen LogP contribution is 2.57. The van der Waals surface area contributed by atoms with Crippen molar-refractivity contribution in [2.45, 2.75) is 44.8 Å². The predicted octanol–water partition coefficient (Wildman–Crippen LogP) is 4.00. The molecule has 2 aliphatic carbocycles. The number of fused-ring (bicyclic) bond motifs is 4. The van der Waals surface area contributed by atoms with Crippen LogP contribution >= 0.6 is 11.6 Å². The van der Waals surface area contributed by atoms with E-state index in [0.29, 0.717) is 22.7 Å². The minimum atomic E-state index is -1.14. The van der Waals surface area contributed by atoms with Crippen molar-refractivity contribution in [2.75, 3.05) is 0 Å². The maximum atomic E-state index is 13.0. The first-order chi connectivity index (χ1) is 13.4. The Morgan fingerprint density at radius 2 is 2.04 bits per heavy atom. The summed E-state index contributed by atoms with van der Waals surface area (Å²) in [5.41, 5.74) is 1.60. The van der Waals surface area contributed by atoms with Gasteiger partial charge in [0.05, 0.1) is 11.6 Å². The molecule has 1 aromatic carbocycles. The average molecular weight is 398 g/mol. The number of carbonyl (C=O) groups excluding carboxylic acids is 2. The van der Waals surface area contributed by atoms with Crippen molar-refractivity contribution in [3.05, 3.63) is 58.1 Å². The number of hydrogen-bond acceptors (Lipinski definition) is 5. The molecule has 4 aliphatic rings. The van der Waals surface area contributed by atoms with E-state index in [2.05, 4.69) is 12.1 Å². The van der Waals surface area contributed by atoms with Gasteiger partial charge >= 0.3 is 5.97 Å². The first kappa shape index (κ1) is 17.7. The van der Waals surface area contributed by atoms with Crippen molar-refractivity contribution in [2.24, 2.45) is 16.5 Å². The lowest BCUT2D eigenvalue weighted by molar-refractivity contribution is -0.158. The highest BCUT2D eigenvalue weighted by Gasteiger charge is 2.66. The SMILES string of the molecule is CC1=C2[C@H]3OC(=O)[C@]4(CC(c5ccccc5Cl)=NO4)[C@@H]3CC[C@@]2(C)C=CC1=O. The fourth-order valence-electron chi connectivity index (χ4n) is 5.18. The molecule has 1 spiro atoms. The number of nitrogens with zero attached hydrogens (tertiary/aromatic N) is 1. The molecule has 2 fully saturated rings. The van der Waals surface area contributed by atoms with Gasteiger partial charge in [0.25, 0.3) is 0 Å². The van der Waals surface area contributed by atoms with E-state index in [1.807, 2.05) is 31.2 Å². The quantitative estimate of drug-likeness (QED) is 0.672. The van der Waals surface area contributed by atoms with Crippen LogP contribution in [0, 0.1) is 11.3 Å². The Hall–Kier alpha value is -2.40. The molecule has 0 bridgehead atoms. The number of oxime groups is 1. The van der Waals surface area contributed by atoms with Crippen molar-refractivity contribution >= 4 is 29.1 Å². The summed E-state index contributed by atoms with van der Waals surface area (Å²) in [5, 5.41) is 4.81. The van der Waals surface area contributed by atoms with Gasteiger partial charge in [0.15, 0.2) is 5.78 Å². The van der Waals surface area contributed by atoms with Gasteiger partial charge in [-0.2, -0.15) is 0 Å². The van der Waals surface area contributed by atoms with E-state index < -0.39 is 17.7 Å². The lowest BCUT2D eigenvalue weighted by Crippen LogP contribution is -2.47. The molecule has 1 saturated heterocycles. The van der Waals surface area contributed by atoms with E-state index in [4.69, 9.17) is 21.2 Å². The molecule has 5 nitrogen and oxygen atoms in total. The van der Waals surface area contributed by atoms with Gasteiger partial charge in [-0.1, -0.05) is 48.0 Å². The van der Waals surface area contributed by atoms with Crippen LogP contribution in [0.5, 0.6) is 0 Å². The van der Waals surface area contributed by atoms with E-state index in [0.717, 1.165) is 24.0 Å². The van der Waals surface area contributed by atoms with Crippen LogP contribution in [0.15, 0.2) is 52.7 Å². The van der Waals surface area contributed by atoms with Gasteiger partial charge < -0.3 is 9.57 Å². The molecule has 28 heavy (non-hydrogen) atoms. The Kier molecular flexibility index (Phi) is 3.66. The Balaban J connectivity index is 1.52. The minimum absolute atomic E-state index is 0.0227. The molecule has 2 aliphatic heterocycles. The summed E-state index contributed by atoms with van der Waals surface area (Å²) in [4.78, 5) is 31.1. The molecular weight excluding hydrogens is 378 g/mol. The van der Waals surface area contributed by atoms with Gasteiger partial charge in [-0.3, -0.25) is 4.79 Å². The third-order valence-electron chi connectivity index (χ3n) is 6.73. The molecule has 5 rings (SSSR count). The Labute approximate surface area is 168 Å². The standard InChI is InChI=1S/C22H20ClNO4/c1-12-17(25)8-10-21(2)9-7-14-19(18(12)21)27-20(26)22(14)11-16(24-28-22)13-5-3-4-6-15(13)23/h3-6,8,10,14,19H,7,9,11H2,1-2H3/t14-,19+,21+,22+/m1/s1. The molecular formula is C22H20ClNO4. The molecule has 1 aromatic rings. The first-order valence-electron chi connectivity index (χ1n) is 9.51. The van der Waals surface area contributed by atoms with Gasteiger partial charge in [-0.25, -0.2) is 4.79 Å². The van der Waals surface area contributed by atoms with Crippen LogP contribution < -0.4 is 0 Å². The number of carbonyl (C=O) groups is 2. The Morgan fingerprint density at radius 1 is 1.25 bits per heavy atom. The lowest BCUT2D eigenvalue weighted by Gasteiger charge is -2.43. The van der Waals surface area contributed by atoms with Crippen LogP contribution in [0.25, 0.3) is 0 Å².